The lowest BCUT2D eigenvalue weighted by atomic mass is 10.0. The summed E-state index contributed by atoms with van der Waals surface area (Å²) in [7, 11) is -4.38. The average molecular weight is 280 g/mol. The van der Waals surface area contributed by atoms with Gasteiger partial charge in [0.05, 0.1) is 5.92 Å². The third kappa shape index (κ3) is 6.36. The van der Waals surface area contributed by atoms with Crippen LogP contribution in [0.5, 0.6) is 0 Å². The quantitative estimate of drug-likeness (QED) is 0.411. The minimum absolute atomic E-state index is 0.288. The average Bonchev–Trinajstić information content (AvgIpc) is 2.26. The zero-order valence-electron chi connectivity index (χ0n) is 10.2. The summed E-state index contributed by atoms with van der Waals surface area (Å²) < 4.78 is 38.5. The van der Waals surface area contributed by atoms with Crippen LogP contribution < -0.4 is 0 Å². The number of esters is 2. The van der Waals surface area contributed by atoms with Crippen molar-refractivity contribution in [2.24, 2.45) is 5.92 Å². The smallest absolute Gasteiger partial charge is 0.330 e. The molecule has 2 atom stereocenters. The van der Waals surface area contributed by atoms with Gasteiger partial charge in [0.2, 0.25) is 5.94 Å². The highest BCUT2D eigenvalue weighted by atomic mass is 32.2. The van der Waals surface area contributed by atoms with Crippen molar-refractivity contribution < 1.29 is 32.0 Å². The van der Waals surface area contributed by atoms with E-state index in [2.05, 4.69) is 11.3 Å². The molecule has 104 valence electrons. The monoisotopic (exact) mass is 280 g/mol. The third-order valence-electron chi connectivity index (χ3n) is 2.13. The molecule has 0 spiro atoms. The van der Waals surface area contributed by atoms with E-state index >= 15 is 0 Å². The molecule has 0 aliphatic carbocycles. The van der Waals surface area contributed by atoms with Gasteiger partial charge in [-0.2, -0.15) is 8.42 Å². The summed E-state index contributed by atoms with van der Waals surface area (Å²) in [5.74, 6) is -3.48. The summed E-state index contributed by atoms with van der Waals surface area (Å²) in [5, 5.41) is 0. The topological polar surface area (TPSA) is 107 Å². The summed E-state index contributed by atoms with van der Waals surface area (Å²) in [4.78, 5) is 22.5. The predicted octanol–water partition coefficient (Wildman–Crippen LogP) is 0.519. The maximum absolute atomic E-state index is 11.5. The third-order valence-corrected chi connectivity index (χ3v) is 2.54. The van der Waals surface area contributed by atoms with E-state index in [9.17, 15) is 18.0 Å². The van der Waals surface area contributed by atoms with Crippen molar-refractivity contribution in [3.8, 4) is 0 Å². The molecule has 0 saturated carbocycles. The van der Waals surface area contributed by atoms with E-state index in [1.807, 2.05) is 0 Å². The highest BCUT2D eigenvalue weighted by Crippen LogP contribution is 2.15. The molecule has 1 N–H and O–H groups in total. The van der Waals surface area contributed by atoms with Crippen molar-refractivity contribution in [2.75, 3.05) is 5.94 Å². The first-order valence-electron chi connectivity index (χ1n) is 5.16. The van der Waals surface area contributed by atoms with Crippen molar-refractivity contribution in [2.45, 2.75) is 26.4 Å². The Morgan fingerprint density at radius 2 is 2.00 bits per heavy atom. The van der Waals surface area contributed by atoms with Crippen molar-refractivity contribution in [3.05, 3.63) is 12.7 Å². The highest BCUT2D eigenvalue weighted by Gasteiger charge is 2.28. The number of rotatable bonds is 7. The molecule has 0 rings (SSSR count). The molecule has 0 aliphatic rings. The van der Waals surface area contributed by atoms with Gasteiger partial charge in [0.15, 0.2) is 0 Å². The number of hydrogen-bond donors (Lipinski definition) is 1. The molecule has 0 bridgehead atoms. The molecule has 0 aliphatic heterocycles. The molecule has 0 radical (unpaired) electrons. The van der Waals surface area contributed by atoms with Crippen LogP contribution in [0.3, 0.4) is 0 Å². The summed E-state index contributed by atoms with van der Waals surface area (Å²) in [6, 6.07) is 0. The van der Waals surface area contributed by atoms with Gasteiger partial charge in [-0.05, 0) is 13.3 Å². The van der Waals surface area contributed by atoms with Crippen LogP contribution in [0.15, 0.2) is 12.7 Å². The van der Waals surface area contributed by atoms with Crippen LogP contribution in [0.1, 0.15) is 20.3 Å². The number of hydrogen-bond acceptors (Lipinski definition) is 6. The summed E-state index contributed by atoms with van der Waals surface area (Å²) in [6.07, 6.45) is 0.456. The molecular weight excluding hydrogens is 264 g/mol. The lowest BCUT2D eigenvalue weighted by molar-refractivity contribution is -0.157. The van der Waals surface area contributed by atoms with E-state index in [1.165, 1.54) is 6.92 Å². The minimum Gasteiger partial charge on any atom is -0.459 e. The van der Waals surface area contributed by atoms with Gasteiger partial charge < -0.3 is 9.47 Å². The Hall–Kier alpha value is -1.41. The maximum Gasteiger partial charge on any atom is 0.330 e. The lowest BCUT2D eigenvalue weighted by Gasteiger charge is -2.20. The van der Waals surface area contributed by atoms with E-state index in [-0.39, 0.29) is 6.42 Å². The van der Waals surface area contributed by atoms with Crippen LogP contribution in [0.4, 0.5) is 0 Å². The van der Waals surface area contributed by atoms with Crippen LogP contribution in [0.25, 0.3) is 0 Å². The van der Waals surface area contributed by atoms with Gasteiger partial charge in [-0.15, -0.1) is 0 Å². The maximum atomic E-state index is 11.5. The Morgan fingerprint density at radius 3 is 2.39 bits per heavy atom. The molecule has 0 saturated heterocycles. The van der Waals surface area contributed by atoms with E-state index in [1.54, 1.807) is 6.92 Å². The van der Waals surface area contributed by atoms with Crippen LogP contribution in [0.2, 0.25) is 0 Å². The molecule has 0 fully saturated rings. The fourth-order valence-electron chi connectivity index (χ4n) is 1.24. The summed E-state index contributed by atoms with van der Waals surface area (Å²) >= 11 is 0. The SMILES string of the molecule is C=CC(=O)OC(C)C(CC)C(=O)OCS(=O)(=O)O. The van der Waals surface area contributed by atoms with E-state index < -0.39 is 40.0 Å². The van der Waals surface area contributed by atoms with Gasteiger partial charge >= 0.3 is 22.1 Å². The normalized spacial score (nSPS) is 14.4. The van der Waals surface area contributed by atoms with Crippen LogP contribution in [-0.2, 0) is 29.2 Å². The minimum atomic E-state index is -4.38. The molecule has 7 nitrogen and oxygen atoms in total. The van der Waals surface area contributed by atoms with Gasteiger partial charge in [0.25, 0.3) is 0 Å². The van der Waals surface area contributed by atoms with Gasteiger partial charge in [-0.1, -0.05) is 13.5 Å². The van der Waals surface area contributed by atoms with Crippen molar-refractivity contribution >= 4 is 22.1 Å². The molecule has 0 aromatic heterocycles. The fraction of sp³-hybridized carbons (Fsp3) is 0.600. The van der Waals surface area contributed by atoms with Gasteiger partial charge in [0.1, 0.15) is 6.10 Å². The second-order valence-electron chi connectivity index (χ2n) is 3.52. The van der Waals surface area contributed by atoms with Crippen molar-refractivity contribution in [3.63, 3.8) is 0 Å². The second-order valence-corrected chi connectivity index (χ2v) is 4.92. The molecular formula is C10H16O7S. The molecule has 0 aromatic rings. The number of carbonyl (C=O) groups is 2. The molecule has 2 unspecified atom stereocenters. The van der Waals surface area contributed by atoms with Crippen molar-refractivity contribution in [1.29, 1.82) is 0 Å². The zero-order valence-corrected chi connectivity index (χ0v) is 11.0. The molecule has 0 amide bonds. The Balaban J connectivity index is 4.52. The van der Waals surface area contributed by atoms with Crippen LogP contribution in [-0.4, -0.2) is 37.0 Å². The summed E-state index contributed by atoms with van der Waals surface area (Å²) in [6.45, 7) is 6.34. The first kappa shape index (κ1) is 16.6. The van der Waals surface area contributed by atoms with E-state index in [4.69, 9.17) is 9.29 Å². The van der Waals surface area contributed by atoms with Gasteiger partial charge in [-0.25, -0.2) is 4.79 Å². The number of ether oxygens (including phenoxy) is 2. The Bertz CT molecular complexity index is 412. The first-order valence-corrected chi connectivity index (χ1v) is 6.77. The molecule has 8 heteroatoms. The van der Waals surface area contributed by atoms with Gasteiger partial charge in [-0.3, -0.25) is 9.35 Å². The Morgan fingerprint density at radius 1 is 1.44 bits per heavy atom. The fourth-order valence-corrected chi connectivity index (χ4v) is 1.51. The lowest BCUT2D eigenvalue weighted by Crippen LogP contribution is -2.32. The Labute approximate surface area is 106 Å². The van der Waals surface area contributed by atoms with Crippen molar-refractivity contribution in [1.82, 2.24) is 0 Å². The van der Waals surface area contributed by atoms with E-state index in [0.29, 0.717) is 0 Å². The Kier molecular flexibility index (Phi) is 6.56. The summed E-state index contributed by atoms with van der Waals surface area (Å²) in [5.41, 5.74) is 0. The van der Waals surface area contributed by atoms with E-state index in [0.717, 1.165) is 6.08 Å². The second kappa shape index (κ2) is 7.12. The highest BCUT2D eigenvalue weighted by molar-refractivity contribution is 7.85. The molecule has 0 aromatic carbocycles. The predicted molar refractivity (Wildman–Crippen MR) is 62.0 cm³/mol. The van der Waals surface area contributed by atoms with Crippen LogP contribution in [0, 0.1) is 5.92 Å². The van der Waals surface area contributed by atoms with Crippen LogP contribution >= 0.6 is 0 Å². The first-order chi connectivity index (χ1) is 8.21. The van der Waals surface area contributed by atoms with Gasteiger partial charge in [0, 0.05) is 6.08 Å². The number of carbonyl (C=O) groups excluding carboxylic acids is 2. The standard InChI is InChI=1S/C10H16O7S/c1-4-8(7(3)17-9(11)5-2)10(12)16-6-18(13,14)15/h5,7-8H,2,4,6H2,1,3H3,(H,13,14,15). The largest absolute Gasteiger partial charge is 0.459 e. The zero-order chi connectivity index (χ0) is 14.3. The molecule has 0 heterocycles. The molecule has 18 heavy (non-hydrogen) atoms.